The molecule has 0 aromatic carbocycles. The lowest BCUT2D eigenvalue weighted by Crippen LogP contribution is -2.33. The van der Waals surface area contributed by atoms with Crippen molar-refractivity contribution in [1.29, 1.82) is 0 Å². The van der Waals surface area contributed by atoms with E-state index in [0.29, 0.717) is 19.5 Å². The molecular formula is C9H17N3O2. The van der Waals surface area contributed by atoms with Gasteiger partial charge in [0.05, 0.1) is 5.92 Å². The first-order valence-corrected chi connectivity index (χ1v) is 4.93. The first kappa shape index (κ1) is 11.0. The molecule has 0 spiro atoms. The molecule has 1 heterocycles. The number of amides is 2. The van der Waals surface area contributed by atoms with Crippen LogP contribution < -0.4 is 16.0 Å². The summed E-state index contributed by atoms with van der Waals surface area (Å²) in [5, 5.41) is 8.45. The SMILES string of the molecule is CNCCCNC(=O)C1CNC(=O)C1. The van der Waals surface area contributed by atoms with Crippen LogP contribution in [0.1, 0.15) is 12.8 Å². The Balaban J connectivity index is 2.12. The fourth-order valence-corrected chi connectivity index (χ4v) is 1.41. The molecule has 80 valence electrons. The van der Waals surface area contributed by atoms with Crippen molar-refractivity contribution in [3.63, 3.8) is 0 Å². The highest BCUT2D eigenvalue weighted by molar-refractivity contribution is 5.89. The highest BCUT2D eigenvalue weighted by Gasteiger charge is 2.27. The van der Waals surface area contributed by atoms with Crippen LogP contribution in [-0.4, -0.2) is 38.5 Å². The minimum atomic E-state index is -0.169. The molecule has 3 N–H and O–H groups in total. The lowest BCUT2D eigenvalue weighted by atomic mass is 10.1. The van der Waals surface area contributed by atoms with Gasteiger partial charge in [-0.2, -0.15) is 0 Å². The molecule has 5 heteroatoms. The van der Waals surface area contributed by atoms with Gasteiger partial charge in [0.25, 0.3) is 0 Å². The van der Waals surface area contributed by atoms with Gasteiger partial charge in [-0.3, -0.25) is 9.59 Å². The normalized spacial score (nSPS) is 20.6. The van der Waals surface area contributed by atoms with Crippen molar-refractivity contribution in [3.8, 4) is 0 Å². The van der Waals surface area contributed by atoms with Gasteiger partial charge in [-0.15, -0.1) is 0 Å². The molecular weight excluding hydrogens is 182 g/mol. The van der Waals surface area contributed by atoms with E-state index in [0.717, 1.165) is 13.0 Å². The summed E-state index contributed by atoms with van der Waals surface area (Å²) < 4.78 is 0. The maximum Gasteiger partial charge on any atom is 0.225 e. The molecule has 0 aliphatic carbocycles. The van der Waals surface area contributed by atoms with Crippen molar-refractivity contribution in [3.05, 3.63) is 0 Å². The summed E-state index contributed by atoms with van der Waals surface area (Å²) in [6.45, 7) is 2.04. The van der Waals surface area contributed by atoms with Crippen LogP contribution in [0.5, 0.6) is 0 Å². The Kier molecular flexibility index (Phi) is 4.39. The molecule has 14 heavy (non-hydrogen) atoms. The Hall–Kier alpha value is -1.10. The van der Waals surface area contributed by atoms with Crippen LogP contribution in [0.3, 0.4) is 0 Å². The Morgan fingerprint density at radius 2 is 2.36 bits per heavy atom. The van der Waals surface area contributed by atoms with Gasteiger partial charge in [0.1, 0.15) is 0 Å². The zero-order valence-electron chi connectivity index (χ0n) is 8.43. The number of rotatable bonds is 5. The minimum absolute atomic E-state index is 0.0144. The van der Waals surface area contributed by atoms with Crippen LogP contribution in [0.15, 0.2) is 0 Å². The Bertz CT molecular complexity index is 218. The molecule has 1 saturated heterocycles. The zero-order chi connectivity index (χ0) is 10.4. The number of carbonyl (C=O) groups is 2. The predicted octanol–water partition coefficient (Wildman–Crippen LogP) is -1.15. The zero-order valence-corrected chi connectivity index (χ0v) is 8.43. The average molecular weight is 199 g/mol. The molecule has 0 bridgehead atoms. The lowest BCUT2D eigenvalue weighted by Gasteiger charge is -2.08. The molecule has 2 amide bonds. The maximum absolute atomic E-state index is 11.4. The Labute approximate surface area is 83.6 Å². The van der Waals surface area contributed by atoms with Crippen molar-refractivity contribution < 1.29 is 9.59 Å². The monoisotopic (exact) mass is 199 g/mol. The number of nitrogens with one attached hydrogen (secondary N) is 3. The second-order valence-electron chi connectivity index (χ2n) is 3.45. The van der Waals surface area contributed by atoms with Crippen molar-refractivity contribution in [2.24, 2.45) is 5.92 Å². The van der Waals surface area contributed by atoms with Crippen molar-refractivity contribution in [1.82, 2.24) is 16.0 Å². The van der Waals surface area contributed by atoms with E-state index in [1.165, 1.54) is 0 Å². The third-order valence-electron chi connectivity index (χ3n) is 2.25. The van der Waals surface area contributed by atoms with Gasteiger partial charge in [0, 0.05) is 19.5 Å². The smallest absolute Gasteiger partial charge is 0.225 e. The van der Waals surface area contributed by atoms with Crippen LogP contribution >= 0.6 is 0 Å². The highest BCUT2D eigenvalue weighted by Crippen LogP contribution is 2.08. The first-order chi connectivity index (χ1) is 6.74. The number of hydrogen-bond acceptors (Lipinski definition) is 3. The van der Waals surface area contributed by atoms with Crippen LogP contribution in [-0.2, 0) is 9.59 Å². The van der Waals surface area contributed by atoms with Gasteiger partial charge >= 0.3 is 0 Å². The van der Waals surface area contributed by atoms with Crippen LogP contribution in [0.25, 0.3) is 0 Å². The van der Waals surface area contributed by atoms with E-state index in [-0.39, 0.29) is 17.7 Å². The quantitative estimate of drug-likeness (QED) is 0.490. The maximum atomic E-state index is 11.4. The minimum Gasteiger partial charge on any atom is -0.356 e. The summed E-state index contributed by atoms with van der Waals surface area (Å²) in [6.07, 6.45) is 1.24. The molecule has 1 unspecified atom stereocenters. The van der Waals surface area contributed by atoms with Gasteiger partial charge < -0.3 is 16.0 Å². The van der Waals surface area contributed by atoms with E-state index in [1.807, 2.05) is 7.05 Å². The third-order valence-corrected chi connectivity index (χ3v) is 2.25. The van der Waals surface area contributed by atoms with Gasteiger partial charge in [-0.1, -0.05) is 0 Å². The molecule has 0 saturated carbocycles. The molecule has 1 fully saturated rings. The lowest BCUT2D eigenvalue weighted by molar-refractivity contribution is -0.126. The topological polar surface area (TPSA) is 70.2 Å². The largest absolute Gasteiger partial charge is 0.356 e. The summed E-state index contributed by atoms with van der Waals surface area (Å²) in [7, 11) is 1.88. The third kappa shape index (κ3) is 3.33. The summed E-state index contributed by atoms with van der Waals surface area (Å²) in [5.41, 5.74) is 0. The molecule has 1 aliphatic rings. The summed E-state index contributed by atoms with van der Waals surface area (Å²) >= 11 is 0. The fourth-order valence-electron chi connectivity index (χ4n) is 1.41. The second kappa shape index (κ2) is 5.59. The van der Waals surface area contributed by atoms with Gasteiger partial charge in [-0.05, 0) is 20.0 Å². The first-order valence-electron chi connectivity index (χ1n) is 4.93. The molecule has 1 aliphatic heterocycles. The average Bonchev–Trinajstić information content (AvgIpc) is 2.59. The molecule has 1 atom stereocenters. The molecule has 0 aromatic heterocycles. The fraction of sp³-hybridized carbons (Fsp3) is 0.778. The van der Waals surface area contributed by atoms with Crippen LogP contribution in [0.2, 0.25) is 0 Å². The highest BCUT2D eigenvalue weighted by atomic mass is 16.2. The van der Waals surface area contributed by atoms with Crippen LogP contribution in [0.4, 0.5) is 0 Å². The van der Waals surface area contributed by atoms with E-state index in [2.05, 4.69) is 16.0 Å². The van der Waals surface area contributed by atoms with Crippen LogP contribution in [0, 0.1) is 5.92 Å². The van der Waals surface area contributed by atoms with E-state index in [4.69, 9.17) is 0 Å². The van der Waals surface area contributed by atoms with E-state index in [1.54, 1.807) is 0 Å². The van der Waals surface area contributed by atoms with Crippen molar-refractivity contribution in [2.75, 3.05) is 26.7 Å². The molecule has 0 aromatic rings. The summed E-state index contributed by atoms with van der Waals surface area (Å²) in [4.78, 5) is 22.3. The van der Waals surface area contributed by atoms with Gasteiger partial charge in [0.15, 0.2) is 0 Å². The standard InChI is InChI=1S/C9H17N3O2/c1-10-3-2-4-11-9(14)7-5-8(13)12-6-7/h7,10H,2-6H2,1H3,(H,11,14)(H,12,13). The Morgan fingerprint density at radius 1 is 1.57 bits per heavy atom. The van der Waals surface area contributed by atoms with E-state index in [9.17, 15) is 9.59 Å². The molecule has 1 rings (SSSR count). The van der Waals surface area contributed by atoms with Crippen molar-refractivity contribution in [2.45, 2.75) is 12.8 Å². The van der Waals surface area contributed by atoms with Crippen molar-refractivity contribution >= 4 is 11.8 Å². The van der Waals surface area contributed by atoms with Gasteiger partial charge in [-0.25, -0.2) is 0 Å². The Morgan fingerprint density at radius 3 is 2.93 bits per heavy atom. The summed E-state index contributed by atoms with van der Waals surface area (Å²) in [5.74, 6) is -0.211. The second-order valence-corrected chi connectivity index (χ2v) is 3.45. The predicted molar refractivity (Wildman–Crippen MR) is 52.7 cm³/mol. The number of hydrogen-bond donors (Lipinski definition) is 3. The molecule has 0 radical (unpaired) electrons. The van der Waals surface area contributed by atoms with E-state index >= 15 is 0 Å². The molecule has 5 nitrogen and oxygen atoms in total. The van der Waals surface area contributed by atoms with Gasteiger partial charge in [0.2, 0.25) is 11.8 Å². The van der Waals surface area contributed by atoms with E-state index < -0.39 is 0 Å². The number of carbonyl (C=O) groups excluding carboxylic acids is 2. The summed E-state index contributed by atoms with van der Waals surface area (Å²) in [6, 6.07) is 0.